The van der Waals surface area contributed by atoms with E-state index in [4.69, 9.17) is 21.7 Å². The minimum Gasteiger partial charge on any atom is -0.493 e. The van der Waals surface area contributed by atoms with Gasteiger partial charge in [0.25, 0.3) is 5.82 Å². The lowest BCUT2D eigenvalue weighted by Gasteiger charge is -2.11. The highest BCUT2D eigenvalue weighted by Crippen LogP contribution is 2.29. The zero-order valence-electron chi connectivity index (χ0n) is 15.0. The number of nitrogens with zero attached hydrogens (tertiary/aromatic N) is 6. The molecule has 0 radical (unpaired) electrons. The number of nitrogens with one attached hydrogen (secondary N) is 1. The Morgan fingerprint density at radius 1 is 1.40 bits per heavy atom. The van der Waals surface area contributed by atoms with Gasteiger partial charge in [-0.15, -0.1) is 5.10 Å². The maximum Gasteiger partial charge on any atom is 0.453 e. The van der Waals surface area contributed by atoms with E-state index in [0.717, 1.165) is 12.4 Å². The fourth-order valence-corrected chi connectivity index (χ4v) is 2.42. The first-order valence-electron chi connectivity index (χ1n) is 7.95. The summed E-state index contributed by atoms with van der Waals surface area (Å²) in [5.74, 6) is -0.750. The SMILES string of the molecule is COc1cc(C=Nn2c(C(F)(F)F)n[nH]c2=S)ccc1OCn1cc([N+](=O)[O-])cn1. The molecule has 2 heterocycles. The Labute approximate surface area is 170 Å². The van der Waals surface area contributed by atoms with Crippen LogP contribution in [0.1, 0.15) is 11.4 Å². The third-order valence-corrected chi connectivity index (χ3v) is 3.86. The Balaban J connectivity index is 1.77. The van der Waals surface area contributed by atoms with Crippen LogP contribution in [-0.2, 0) is 12.9 Å². The maximum atomic E-state index is 12.9. The molecule has 3 rings (SSSR count). The number of methoxy groups -OCH3 is 1. The van der Waals surface area contributed by atoms with Gasteiger partial charge in [0.2, 0.25) is 4.77 Å². The van der Waals surface area contributed by atoms with Gasteiger partial charge in [0, 0.05) is 0 Å². The summed E-state index contributed by atoms with van der Waals surface area (Å²) >= 11 is 4.76. The number of rotatable bonds is 7. The highest BCUT2D eigenvalue weighted by molar-refractivity contribution is 7.71. The van der Waals surface area contributed by atoms with E-state index in [1.54, 1.807) is 0 Å². The molecule has 3 aromatic rings. The number of aromatic amines is 1. The maximum absolute atomic E-state index is 12.9. The van der Waals surface area contributed by atoms with E-state index in [0.29, 0.717) is 10.2 Å². The topological polar surface area (TPSA) is 125 Å². The minimum atomic E-state index is -4.73. The van der Waals surface area contributed by atoms with Gasteiger partial charge < -0.3 is 9.47 Å². The predicted molar refractivity (Wildman–Crippen MR) is 97.9 cm³/mol. The fourth-order valence-electron chi connectivity index (χ4n) is 2.24. The van der Waals surface area contributed by atoms with Gasteiger partial charge in [-0.3, -0.25) is 10.1 Å². The van der Waals surface area contributed by atoms with Crippen LogP contribution in [0.4, 0.5) is 18.9 Å². The lowest BCUT2D eigenvalue weighted by atomic mass is 10.2. The van der Waals surface area contributed by atoms with Crippen LogP contribution in [0.15, 0.2) is 35.7 Å². The summed E-state index contributed by atoms with van der Waals surface area (Å²) in [4.78, 5) is 10.1. The Morgan fingerprint density at radius 3 is 2.80 bits per heavy atom. The molecule has 158 valence electrons. The Kier molecular flexibility index (Phi) is 5.81. The predicted octanol–water partition coefficient (Wildman–Crippen LogP) is 2.99. The molecule has 0 unspecified atom stereocenters. The zero-order valence-corrected chi connectivity index (χ0v) is 15.8. The molecule has 1 aromatic carbocycles. The fraction of sp³-hybridized carbons (Fsp3) is 0.200. The van der Waals surface area contributed by atoms with Crippen molar-refractivity contribution in [2.24, 2.45) is 5.10 Å². The molecule has 0 saturated heterocycles. The second-order valence-corrected chi connectivity index (χ2v) is 5.97. The van der Waals surface area contributed by atoms with Gasteiger partial charge in [-0.1, -0.05) is 0 Å². The number of alkyl halides is 3. The second-order valence-electron chi connectivity index (χ2n) is 5.59. The zero-order chi connectivity index (χ0) is 21.9. The number of halogens is 3. The van der Waals surface area contributed by atoms with Crippen molar-refractivity contribution in [2.75, 3.05) is 7.11 Å². The van der Waals surface area contributed by atoms with E-state index in [1.807, 2.05) is 0 Å². The molecule has 2 aromatic heterocycles. The van der Waals surface area contributed by atoms with Crippen molar-refractivity contribution in [1.82, 2.24) is 24.7 Å². The number of hydrogen-bond acceptors (Lipinski definition) is 8. The molecule has 0 amide bonds. The van der Waals surface area contributed by atoms with E-state index in [9.17, 15) is 23.3 Å². The molecule has 0 aliphatic carbocycles. The molecule has 0 bridgehead atoms. The van der Waals surface area contributed by atoms with E-state index in [-0.39, 0.29) is 28.7 Å². The molecule has 0 spiro atoms. The van der Waals surface area contributed by atoms with Gasteiger partial charge in [0.1, 0.15) is 12.4 Å². The molecule has 0 aliphatic rings. The first-order chi connectivity index (χ1) is 14.2. The van der Waals surface area contributed by atoms with Gasteiger partial charge in [-0.25, -0.2) is 9.78 Å². The Bertz CT molecular complexity index is 1150. The molecule has 0 fully saturated rings. The molecule has 11 nitrogen and oxygen atoms in total. The molecular weight excluding hydrogens is 431 g/mol. The summed E-state index contributed by atoms with van der Waals surface area (Å²) in [6.07, 6.45) is -1.32. The van der Waals surface area contributed by atoms with Crippen molar-refractivity contribution < 1.29 is 27.6 Å². The lowest BCUT2D eigenvalue weighted by Crippen LogP contribution is -2.12. The number of ether oxygens (including phenoxy) is 2. The van der Waals surface area contributed by atoms with Crippen molar-refractivity contribution in [2.45, 2.75) is 12.9 Å². The minimum absolute atomic E-state index is 0.128. The van der Waals surface area contributed by atoms with Crippen LogP contribution in [0.25, 0.3) is 0 Å². The van der Waals surface area contributed by atoms with Crippen LogP contribution in [0, 0.1) is 14.9 Å². The summed E-state index contributed by atoms with van der Waals surface area (Å²) < 4.78 is 50.8. The van der Waals surface area contributed by atoms with Crippen LogP contribution >= 0.6 is 12.2 Å². The average Bonchev–Trinajstić information content (AvgIpc) is 3.31. The van der Waals surface area contributed by atoms with Crippen molar-refractivity contribution in [3.63, 3.8) is 0 Å². The molecule has 1 N–H and O–H groups in total. The first-order valence-corrected chi connectivity index (χ1v) is 8.36. The van der Waals surface area contributed by atoms with Gasteiger partial charge in [-0.05, 0) is 36.0 Å². The van der Waals surface area contributed by atoms with Crippen LogP contribution in [-0.4, -0.2) is 42.9 Å². The molecule has 15 heteroatoms. The van der Waals surface area contributed by atoms with Crippen LogP contribution in [0.5, 0.6) is 11.5 Å². The molecule has 0 atom stereocenters. The number of H-pyrrole nitrogens is 1. The molecule has 30 heavy (non-hydrogen) atoms. The van der Waals surface area contributed by atoms with Gasteiger partial charge in [0.05, 0.1) is 18.2 Å². The van der Waals surface area contributed by atoms with Gasteiger partial charge >= 0.3 is 11.9 Å². The van der Waals surface area contributed by atoms with Gasteiger partial charge in [-0.2, -0.15) is 28.0 Å². The number of nitro groups is 1. The molecular formula is C15H12F3N7O4S. The summed E-state index contributed by atoms with van der Waals surface area (Å²) in [5, 5.41) is 23.4. The monoisotopic (exact) mass is 443 g/mol. The van der Waals surface area contributed by atoms with E-state index in [2.05, 4.69) is 20.4 Å². The number of aromatic nitrogens is 5. The van der Waals surface area contributed by atoms with Crippen molar-refractivity contribution in [3.05, 3.63) is 56.9 Å². The van der Waals surface area contributed by atoms with Crippen molar-refractivity contribution in [1.29, 1.82) is 0 Å². The smallest absolute Gasteiger partial charge is 0.453 e. The molecule has 0 aliphatic heterocycles. The van der Waals surface area contributed by atoms with E-state index in [1.165, 1.54) is 36.2 Å². The third kappa shape index (κ3) is 4.62. The highest BCUT2D eigenvalue weighted by Gasteiger charge is 2.37. The summed E-state index contributed by atoms with van der Waals surface area (Å²) in [6.45, 7) is -0.128. The van der Waals surface area contributed by atoms with Gasteiger partial charge in [0.15, 0.2) is 18.2 Å². The third-order valence-electron chi connectivity index (χ3n) is 3.60. The standard InChI is InChI=1S/C15H12F3N7O4S/c1-28-12-4-9(5-20-24-13(15(16,17)18)21-22-14(24)30)2-3-11(12)29-8-23-7-10(6-19-23)25(26)27/h2-7H,8H2,1H3,(H,22,30). The van der Waals surface area contributed by atoms with E-state index < -0.39 is 16.9 Å². The number of benzene rings is 1. The lowest BCUT2D eigenvalue weighted by molar-refractivity contribution is -0.385. The Hall–Kier alpha value is -3.75. The summed E-state index contributed by atoms with van der Waals surface area (Å²) in [6, 6.07) is 4.49. The van der Waals surface area contributed by atoms with Crippen LogP contribution in [0.3, 0.4) is 0 Å². The van der Waals surface area contributed by atoms with Crippen LogP contribution in [0.2, 0.25) is 0 Å². The van der Waals surface area contributed by atoms with Crippen molar-refractivity contribution in [3.8, 4) is 11.5 Å². The van der Waals surface area contributed by atoms with E-state index >= 15 is 0 Å². The largest absolute Gasteiger partial charge is 0.493 e. The number of hydrogen-bond donors (Lipinski definition) is 1. The molecule has 0 saturated carbocycles. The Morgan fingerprint density at radius 2 is 2.17 bits per heavy atom. The average molecular weight is 443 g/mol. The van der Waals surface area contributed by atoms with Crippen molar-refractivity contribution >= 4 is 24.1 Å². The summed E-state index contributed by atoms with van der Waals surface area (Å²) in [7, 11) is 1.37. The normalized spacial score (nSPS) is 11.7. The summed E-state index contributed by atoms with van der Waals surface area (Å²) in [5.41, 5.74) is 0.207. The first kappa shape index (κ1) is 21.0. The van der Waals surface area contributed by atoms with Crippen LogP contribution < -0.4 is 9.47 Å². The second kappa shape index (κ2) is 8.32. The highest BCUT2D eigenvalue weighted by atomic mass is 32.1. The quantitative estimate of drug-likeness (QED) is 0.258.